The van der Waals surface area contributed by atoms with Crippen LogP contribution in [0.25, 0.3) is 33.9 Å². The minimum absolute atomic E-state index is 0.191. The molecule has 0 saturated carbocycles. The van der Waals surface area contributed by atoms with Gasteiger partial charge in [-0.2, -0.15) is 9.97 Å². The van der Waals surface area contributed by atoms with E-state index in [2.05, 4.69) is 39.2 Å². The van der Waals surface area contributed by atoms with Gasteiger partial charge in [-0.15, -0.1) is 0 Å². The first kappa shape index (κ1) is 18.7. The van der Waals surface area contributed by atoms with Crippen molar-refractivity contribution >= 4 is 11.6 Å². The van der Waals surface area contributed by atoms with Crippen LogP contribution in [0.4, 0.5) is 0 Å². The summed E-state index contributed by atoms with van der Waals surface area (Å²) < 4.78 is 0. The molecule has 0 fully saturated rings. The monoisotopic (exact) mass is 373 g/mol. The molecule has 0 aliphatic rings. The van der Waals surface area contributed by atoms with Crippen molar-refractivity contribution in [2.24, 2.45) is 0 Å². The first-order valence-electron chi connectivity index (χ1n) is 8.92. The minimum atomic E-state index is 0.191. The molecule has 0 spiro atoms. The van der Waals surface area contributed by atoms with E-state index in [1.54, 1.807) is 0 Å². The van der Waals surface area contributed by atoms with E-state index in [-0.39, 0.29) is 5.28 Å². The van der Waals surface area contributed by atoms with Gasteiger partial charge in [0.2, 0.25) is 5.28 Å². The molecule has 4 aromatic rings. The van der Waals surface area contributed by atoms with Gasteiger partial charge in [0.25, 0.3) is 0 Å². The molecule has 0 aliphatic carbocycles. The van der Waals surface area contributed by atoms with E-state index in [9.17, 15) is 0 Å². The van der Waals surface area contributed by atoms with Crippen LogP contribution in [-0.4, -0.2) is 15.0 Å². The van der Waals surface area contributed by atoms with Crippen LogP contribution in [0.5, 0.6) is 0 Å². The lowest BCUT2D eigenvalue weighted by atomic mass is 10.0. The van der Waals surface area contributed by atoms with Crippen LogP contribution >= 0.6 is 11.6 Å². The number of halogens is 1. The first-order chi connectivity index (χ1) is 13.3. The van der Waals surface area contributed by atoms with Gasteiger partial charge in [-0.25, -0.2) is 4.98 Å². The third-order valence-electron chi connectivity index (χ3n) is 3.89. The molecule has 3 aromatic carbocycles. The second-order valence-electron chi connectivity index (χ2n) is 5.56. The summed E-state index contributed by atoms with van der Waals surface area (Å²) in [7, 11) is 0. The number of benzene rings is 3. The molecule has 4 rings (SSSR count). The van der Waals surface area contributed by atoms with Gasteiger partial charge in [0.05, 0.1) is 0 Å². The standard InChI is InChI=1S/C21H14ClN3.C2H6/c22-21-24-19(17-9-5-2-6-10-17)23-20(25-21)18-13-11-16(12-14-18)15-7-3-1-4-8-15;1-2/h1-14H;1-2H3. The Kier molecular flexibility index (Phi) is 6.29. The minimum Gasteiger partial charge on any atom is -0.208 e. The summed E-state index contributed by atoms with van der Waals surface area (Å²) in [5.74, 6) is 1.14. The van der Waals surface area contributed by atoms with Crippen molar-refractivity contribution in [2.75, 3.05) is 0 Å². The fraction of sp³-hybridized carbons (Fsp3) is 0.0870. The highest BCUT2D eigenvalue weighted by Gasteiger charge is 2.09. The Morgan fingerprint density at radius 2 is 0.852 bits per heavy atom. The SMILES string of the molecule is CC.Clc1nc(-c2ccccc2)nc(-c2ccc(-c3ccccc3)cc2)n1. The second kappa shape index (κ2) is 9.06. The Hall–Kier alpha value is -3.04. The van der Waals surface area contributed by atoms with Gasteiger partial charge >= 0.3 is 0 Å². The zero-order valence-corrected chi connectivity index (χ0v) is 16.1. The van der Waals surface area contributed by atoms with Crippen LogP contribution in [0.3, 0.4) is 0 Å². The smallest absolute Gasteiger partial charge is 0.208 e. The molecule has 1 aromatic heterocycles. The summed E-state index contributed by atoms with van der Waals surface area (Å²) in [5.41, 5.74) is 4.13. The molecule has 0 unspecified atom stereocenters. The Morgan fingerprint density at radius 1 is 0.481 bits per heavy atom. The van der Waals surface area contributed by atoms with Gasteiger partial charge in [0, 0.05) is 11.1 Å². The van der Waals surface area contributed by atoms with Gasteiger partial charge in [-0.3, -0.25) is 0 Å². The van der Waals surface area contributed by atoms with Crippen LogP contribution in [-0.2, 0) is 0 Å². The fourth-order valence-electron chi connectivity index (χ4n) is 2.64. The molecular weight excluding hydrogens is 354 g/mol. The van der Waals surface area contributed by atoms with Crippen LogP contribution < -0.4 is 0 Å². The molecule has 0 N–H and O–H groups in total. The number of nitrogens with zero attached hydrogens (tertiary/aromatic N) is 3. The summed E-state index contributed by atoms with van der Waals surface area (Å²) in [4.78, 5) is 13.1. The van der Waals surface area contributed by atoms with E-state index in [0.717, 1.165) is 16.7 Å². The van der Waals surface area contributed by atoms with Crippen molar-refractivity contribution in [3.8, 4) is 33.9 Å². The van der Waals surface area contributed by atoms with Crippen molar-refractivity contribution in [1.82, 2.24) is 15.0 Å². The third-order valence-corrected chi connectivity index (χ3v) is 4.06. The molecule has 134 valence electrons. The Morgan fingerprint density at radius 3 is 1.37 bits per heavy atom. The normalized spacial score (nSPS) is 10.0. The maximum absolute atomic E-state index is 6.11. The molecule has 0 amide bonds. The summed E-state index contributed by atoms with van der Waals surface area (Å²) in [6.45, 7) is 4.00. The highest BCUT2D eigenvalue weighted by molar-refractivity contribution is 6.28. The maximum atomic E-state index is 6.11. The van der Waals surface area contributed by atoms with E-state index in [4.69, 9.17) is 11.6 Å². The summed E-state index contributed by atoms with van der Waals surface area (Å²) in [5, 5.41) is 0.191. The number of aromatic nitrogens is 3. The van der Waals surface area contributed by atoms with E-state index in [1.807, 2.05) is 74.5 Å². The lowest BCUT2D eigenvalue weighted by Crippen LogP contribution is -1.97. The Balaban J connectivity index is 0.00000102. The molecule has 27 heavy (non-hydrogen) atoms. The first-order valence-corrected chi connectivity index (χ1v) is 9.30. The summed E-state index contributed by atoms with van der Waals surface area (Å²) >= 11 is 6.11. The zero-order chi connectivity index (χ0) is 19.1. The molecular formula is C23H20ClN3. The molecule has 4 heteroatoms. The van der Waals surface area contributed by atoms with Gasteiger partial charge in [0.15, 0.2) is 11.6 Å². The molecule has 0 saturated heterocycles. The summed E-state index contributed by atoms with van der Waals surface area (Å²) in [6, 6.07) is 28.1. The van der Waals surface area contributed by atoms with Crippen molar-refractivity contribution in [3.05, 3.63) is 90.2 Å². The van der Waals surface area contributed by atoms with E-state index < -0.39 is 0 Å². The average molecular weight is 374 g/mol. The highest BCUT2D eigenvalue weighted by Crippen LogP contribution is 2.25. The lowest BCUT2D eigenvalue weighted by molar-refractivity contribution is 1.07. The number of hydrogen-bond acceptors (Lipinski definition) is 3. The largest absolute Gasteiger partial charge is 0.226 e. The molecule has 0 atom stereocenters. The van der Waals surface area contributed by atoms with Gasteiger partial charge in [-0.1, -0.05) is 98.8 Å². The topological polar surface area (TPSA) is 38.7 Å². The van der Waals surface area contributed by atoms with Crippen LogP contribution in [0.1, 0.15) is 13.8 Å². The van der Waals surface area contributed by atoms with Crippen molar-refractivity contribution < 1.29 is 0 Å². The summed E-state index contributed by atoms with van der Waals surface area (Å²) in [6.07, 6.45) is 0. The van der Waals surface area contributed by atoms with Gasteiger partial charge in [0.1, 0.15) is 0 Å². The Bertz CT molecular complexity index is 985. The van der Waals surface area contributed by atoms with Crippen molar-refractivity contribution in [1.29, 1.82) is 0 Å². The quantitative estimate of drug-likeness (QED) is 0.408. The fourth-order valence-corrected chi connectivity index (χ4v) is 2.80. The average Bonchev–Trinajstić information content (AvgIpc) is 2.76. The zero-order valence-electron chi connectivity index (χ0n) is 15.3. The predicted octanol–water partition coefficient (Wildman–Crippen LogP) is 6.55. The van der Waals surface area contributed by atoms with Crippen LogP contribution in [0.15, 0.2) is 84.9 Å². The van der Waals surface area contributed by atoms with Crippen molar-refractivity contribution in [2.45, 2.75) is 13.8 Å². The molecule has 0 aliphatic heterocycles. The van der Waals surface area contributed by atoms with Crippen LogP contribution in [0, 0.1) is 0 Å². The molecule has 3 nitrogen and oxygen atoms in total. The molecule has 1 heterocycles. The molecule has 0 bridgehead atoms. The van der Waals surface area contributed by atoms with E-state index >= 15 is 0 Å². The highest BCUT2D eigenvalue weighted by atomic mass is 35.5. The van der Waals surface area contributed by atoms with Crippen LogP contribution in [0.2, 0.25) is 5.28 Å². The van der Waals surface area contributed by atoms with Gasteiger partial charge in [-0.05, 0) is 22.7 Å². The second-order valence-corrected chi connectivity index (χ2v) is 5.90. The third kappa shape index (κ3) is 4.57. The van der Waals surface area contributed by atoms with E-state index in [1.165, 1.54) is 5.56 Å². The van der Waals surface area contributed by atoms with E-state index in [0.29, 0.717) is 11.6 Å². The number of rotatable bonds is 3. The Labute approximate surface area is 164 Å². The lowest BCUT2D eigenvalue weighted by Gasteiger charge is -2.06. The van der Waals surface area contributed by atoms with Gasteiger partial charge < -0.3 is 0 Å². The maximum Gasteiger partial charge on any atom is 0.226 e. The molecule has 0 radical (unpaired) electrons. The predicted molar refractivity (Wildman–Crippen MR) is 112 cm³/mol. The van der Waals surface area contributed by atoms with Crippen molar-refractivity contribution in [3.63, 3.8) is 0 Å². The number of hydrogen-bond donors (Lipinski definition) is 0.